The molecule has 0 radical (unpaired) electrons. The number of hydrogen-bond acceptors (Lipinski definition) is 5. The minimum atomic E-state index is -0.696. The number of nitrogens with zero attached hydrogens (tertiary/aromatic N) is 1. The second-order valence-electron chi connectivity index (χ2n) is 4.81. The van der Waals surface area contributed by atoms with Crippen molar-refractivity contribution in [3.05, 3.63) is 23.2 Å². The lowest BCUT2D eigenvalue weighted by Crippen LogP contribution is -2.40. The number of carbonyl (C=O) groups is 1. The summed E-state index contributed by atoms with van der Waals surface area (Å²) >= 11 is 7.99. The zero-order chi connectivity index (χ0) is 15.2. The van der Waals surface area contributed by atoms with Gasteiger partial charge in [-0.05, 0) is 18.2 Å². The van der Waals surface area contributed by atoms with E-state index in [1.165, 1.54) is 7.11 Å². The predicted molar refractivity (Wildman–Crippen MR) is 104 cm³/mol. The predicted octanol–water partition coefficient (Wildman–Crippen LogP) is 2.65. The molecule has 1 aromatic carbocycles. The second-order valence-corrected chi connectivity index (χ2v) is 6.47. The smallest absolute Gasteiger partial charge is 0.243 e. The minimum absolute atomic E-state index is 0. The van der Waals surface area contributed by atoms with Crippen molar-refractivity contribution < 1.29 is 9.53 Å². The van der Waals surface area contributed by atoms with Gasteiger partial charge in [-0.25, -0.2) is 0 Å². The number of anilines is 2. The van der Waals surface area contributed by atoms with Crippen LogP contribution in [0.5, 0.6) is 0 Å². The van der Waals surface area contributed by atoms with Crippen LogP contribution in [-0.2, 0) is 9.53 Å². The highest BCUT2D eigenvalue weighted by Gasteiger charge is 2.19. The van der Waals surface area contributed by atoms with E-state index in [1.54, 1.807) is 6.07 Å². The lowest BCUT2D eigenvalue weighted by atomic mass is 10.2. The molecular formula is C14H22Cl3N3O2S. The Morgan fingerprint density at radius 3 is 2.70 bits per heavy atom. The van der Waals surface area contributed by atoms with Gasteiger partial charge in [0.05, 0.1) is 18.0 Å². The SMILES string of the molecule is COCC(N)C(=O)Nc1cc(Cl)ccc1N1CCSCC1.Cl.Cl. The van der Waals surface area contributed by atoms with Gasteiger partial charge in [-0.1, -0.05) is 11.6 Å². The molecule has 0 aliphatic carbocycles. The van der Waals surface area contributed by atoms with Crippen LogP contribution in [0.15, 0.2) is 18.2 Å². The van der Waals surface area contributed by atoms with Crippen molar-refractivity contribution in [1.29, 1.82) is 0 Å². The van der Waals surface area contributed by atoms with Gasteiger partial charge in [-0.3, -0.25) is 4.79 Å². The van der Waals surface area contributed by atoms with Crippen LogP contribution in [0.4, 0.5) is 11.4 Å². The number of thioether (sulfide) groups is 1. The Bertz CT molecular complexity index is 502. The Morgan fingerprint density at radius 2 is 2.09 bits per heavy atom. The van der Waals surface area contributed by atoms with Gasteiger partial charge in [0, 0.05) is 36.7 Å². The molecule has 1 atom stereocenters. The number of benzene rings is 1. The Labute approximate surface area is 158 Å². The molecule has 1 aromatic rings. The first-order chi connectivity index (χ1) is 10.1. The quantitative estimate of drug-likeness (QED) is 0.792. The zero-order valence-corrected chi connectivity index (χ0v) is 16.0. The molecule has 0 spiro atoms. The fraction of sp³-hybridized carbons (Fsp3) is 0.500. The van der Waals surface area contributed by atoms with Crippen LogP contribution in [0.25, 0.3) is 0 Å². The Morgan fingerprint density at radius 1 is 1.43 bits per heavy atom. The van der Waals surface area contributed by atoms with Gasteiger partial charge in [0.25, 0.3) is 0 Å². The molecule has 23 heavy (non-hydrogen) atoms. The van der Waals surface area contributed by atoms with E-state index in [0.29, 0.717) is 10.7 Å². The summed E-state index contributed by atoms with van der Waals surface area (Å²) in [5.74, 6) is 1.89. The van der Waals surface area contributed by atoms with Gasteiger partial charge < -0.3 is 20.7 Å². The maximum Gasteiger partial charge on any atom is 0.243 e. The van der Waals surface area contributed by atoms with Crippen LogP contribution in [0.3, 0.4) is 0 Å². The first kappa shape index (κ1) is 22.6. The Balaban J connectivity index is 0.00000242. The van der Waals surface area contributed by atoms with Crippen LogP contribution in [-0.4, -0.2) is 50.3 Å². The van der Waals surface area contributed by atoms with E-state index in [2.05, 4.69) is 10.2 Å². The number of carbonyl (C=O) groups excluding carboxylic acids is 1. The van der Waals surface area contributed by atoms with E-state index in [9.17, 15) is 4.79 Å². The molecule has 1 aliphatic heterocycles. The van der Waals surface area contributed by atoms with Crippen LogP contribution >= 0.6 is 48.2 Å². The number of amides is 1. The number of hydrogen-bond donors (Lipinski definition) is 2. The van der Waals surface area contributed by atoms with Crippen molar-refractivity contribution in [1.82, 2.24) is 0 Å². The highest BCUT2D eigenvalue weighted by atomic mass is 35.5. The highest BCUT2D eigenvalue weighted by Crippen LogP contribution is 2.31. The van der Waals surface area contributed by atoms with Crippen LogP contribution < -0.4 is 16.0 Å². The summed E-state index contributed by atoms with van der Waals surface area (Å²) in [7, 11) is 1.52. The molecule has 5 nitrogen and oxygen atoms in total. The average molecular weight is 403 g/mol. The lowest BCUT2D eigenvalue weighted by molar-refractivity contribution is -0.118. The molecular weight excluding hydrogens is 381 g/mol. The van der Waals surface area contributed by atoms with Crippen LogP contribution in [0, 0.1) is 0 Å². The molecule has 2 rings (SSSR count). The molecule has 1 aliphatic rings. The number of nitrogens with two attached hydrogens (primary N) is 1. The fourth-order valence-electron chi connectivity index (χ4n) is 2.17. The molecule has 1 fully saturated rings. The van der Waals surface area contributed by atoms with Crippen LogP contribution in [0.2, 0.25) is 5.02 Å². The Hall–Kier alpha value is -0.370. The Kier molecular flexibility index (Phi) is 11.1. The maximum absolute atomic E-state index is 12.1. The van der Waals surface area contributed by atoms with E-state index in [0.717, 1.165) is 30.3 Å². The molecule has 1 saturated heterocycles. The normalized spacial score (nSPS) is 15.2. The number of ether oxygens (including phenoxy) is 1. The zero-order valence-electron chi connectivity index (χ0n) is 12.8. The minimum Gasteiger partial charge on any atom is -0.383 e. The van der Waals surface area contributed by atoms with E-state index < -0.39 is 6.04 Å². The summed E-state index contributed by atoms with van der Waals surface area (Å²) in [6.07, 6.45) is 0. The third kappa shape index (κ3) is 6.57. The number of methoxy groups -OCH3 is 1. The number of rotatable bonds is 5. The van der Waals surface area contributed by atoms with E-state index >= 15 is 0 Å². The largest absolute Gasteiger partial charge is 0.383 e. The van der Waals surface area contributed by atoms with Crippen molar-refractivity contribution >= 4 is 65.5 Å². The van der Waals surface area contributed by atoms with Gasteiger partial charge >= 0.3 is 0 Å². The third-order valence-corrected chi connectivity index (χ3v) is 4.43. The summed E-state index contributed by atoms with van der Waals surface area (Å²) in [6.45, 7) is 2.10. The molecule has 1 heterocycles. The van der Waals surface area contributed by atoms with Gasteiger partial charge in [-0.2, -0.15) is 11.8 Å². The lowest BCUT2D eigenvalue weighted by Gasteiger charge is -2.30. The van der Waals surface area contributed by atoms with E-state index in [1.807, 2.05) is 23.9 Å². The van der Waals surface area contributed by atoms with Gasteiger partial charge in [-0.15, -0.1) is 24.8 Å². The summed E-state index contributed by atoms with van der Waals surface area (Å²) in [5.41, 5.74) is 7.44. The fourth-order valence-corrected chi connectivity index (χ4v) is 3.24. The maximum atomic E-state index is 12.1. The van der Waals surface area contributed by atoms with E-state index in [4.69, 9.17) is 22.1 Å². The topological polar surface area (TPSA) is 67.6 Å². The summed E-state index contributed by atoms with van der Waals surface area (Å²) in [5, 5.41) is 3.44. The van der Waals surface area contributed by atoms with Gasteiger partial charge in [0.1, 0.15) is 6.04 Å². The third-order valence-electron chi connectivity index (χ3n) is 3.25. The summed E-state index contributed by atoms with van der Waals surface area (Å²) in [4.78, 5) is 14.3. The van der Waals surface area contributed by atoms with Crippen molar-refractivity contribution in [2.45, 2.75) is 6.04 Å². The molecule has 3 N–H and O–H groups in total. The first-order valence-corrected chi connectivity index (χ1v) is 8.32. The van der Waals surface area contributed by atoms with Crippen molar-refractivity contribution in [3.8, 4) is 0 Å². The molecule has 9 heteroatoms. The molecule has 1 unspecified atom stereocenters. The van der Waals surface area contributed by atoms with Gasteiger partial charge in [0.15, 0.2) is 0 Å². The van der Waals surface area contributed by atoms with Crippen molar-refractivity contribution in [2.75, 3.05) is 48.5 Å². The molecule has 0 saturated carbocycles. The monoisotopic (exact) mass is 401 g/mol. The molecule has 132 valence electrons. The first-order valence-electron chi connectivity index (χ1n) is 6.79. The number of nitrogens with one attached hydrogen (secondary N) is 1. The van der Waals surface area contributed by atoms with E-state index in [-0.39, 0.29) is 37.3 Å². The summed E-state index contributed by atoms with van der Waals surface area (Å²) in [6, 6.07) is 4.84. The number of halogens is 3. The molecule has 0 bridgehead atoms. The van der Waals surface area contributed by atoms with Gasteiger partial charge in [0.2, 0.25) is 5.91 Å². The summed E-state index contributed by atoms with van der Waals surface area (Å²) < 4.78 is 4.91. The molecule has 1 amide bonds. The molecule has 0 aromatic heterocycles. The highest BCUT2D eigenvalue weighted by molar-refractivity contribution is 7.99. The standard InChI is InChI=1S/C14H20ClN3O2S.2ClH/c1-20-9-11(16)14(19)17-12-8-10(15)2-3-13(12)18-4-6-21-7-5-18;;/h2-3,8,11H,4-7,9,16H2,1H3,(H,17,19);2*1H. The average Bonchev–Trinajstić information content (AvgIpc) is 2.48. The van der Waals surface area contributed by atoms with Crippen molar-refractivity contribution in [2.24, 2.45) is 5.73 Å². The van der Waals surface area contributed by atoms with Crippen molar-refractivity contribution in [3.63, 3.8) is 0 Å². The van der Waals surface area contributed by atoms with Crippen LogP contribution in [0.1, 0.15) is 0 Å². The second kappa shape index (κ2) is 11.2.